The van der Waals surface area contributed by atoms with Crippen molar-refractivity contribution in [3.8, 4) is 17.1 Å². The van der Waals surface area contributed by atoms with E-state index in [1.807, 2.05) is 29.7 Å². The van der Waals surface area contributed by atoms with E-state index in [9.17, 15) is 4.79 Å². The molecule has 1 N–H and O–H groups in total. The Morgan fingerprint density at radius 1 is 1.15 bits per heavy atom. The molecule has 0 saturated heterocycles. The Kier molecular flexibility index (Phi) is 4.95. The second-order valence-corrected chi connectivity index (χ2v) is 9.13. The second kappa shape index (κ2) is 8.14. The van der Waals surface area contributed by atoms with Crippen LogP contribution < -0.4 is 15.6 Å². The summed E-state index contributed by atoms with van der Waals surface area (Å²) in [5.74, 6) is 0.665. The summed E-state index contributed by atoms with van der Waals surface area (Å²) < 4.78 is 7.02. The van der Waals surface area contributed by atoms with Gasteiger partial charge in [-0.15, -0.1) is 11.3 Å². The van der Waals surface area contributed by atoms with E-state index < -0.39 is 0 Å². The number of rotatable bonds is 6. The fourth-order valence-electron chi connectivity index (χ4n) is 4.32. The Morgan fingerprint density at radius 3 is 2.74 bits per heavy atom. The van der Waals surface area contributed by atoms with Crippen molar-refractivity contribution in [2.75, 3.05) is 12.4 Å². The van der Waals surface area contributed by atoms with Crippen molar-refractivity contribution < 1.29 is 4.74 Å². The Morgan fingerprint density at radius 2 is 1.97 bits per heavy atom. The second-order valence-electron chi connectivity index (χ2n) is 8.30. The zero-order chi connectivity index (χ0) is 23.2. The van der Waals surface area contributed by atoms with Crippen LogP contribution in [0.2, 0.25) is 0 Å². The van der Waals surface area contributed by atoms with Gasteiger partial charge in [-0.2, -0.15) is 0 Å². The van der Waals surface area contributed by atoms with Crippen molar-refractivity contribution in [1.82, 2.24) is 29.5 Å². The molecule has 9 nitrogen and oxygen atoms in total. The highest BCUT2D eigenvalue weighted by molar-refractivity contribution is 7.16. The van der Waals surface area contributed by atoms with Crippen LogP contribution in [-0.4, -0.2) is 36.6 Å². The monoisotopic (exact) mass is 471 g/mol. The number of hydrogen-bond donors (Lipinski definition) is 1. The van der Waals surface area contributed by atoms with Gasteiger partial charge in [-0.05, 0) is 36.8 Å². The predicted octanol–water partition coefficient (Wildman–Crippen LogP) is 4.37. The lowest BCUT2D eigenvalue weighted by molar-refractivity contribution is 0.380. The van der Waals surface area contributed by atoms with Gasteiger partial charge in [-0.25, -0.2) is 24.9 Å². The minimum absolute atomic E-state index is 0.00318. The zero-order valence-electron chi connectivity index (χ0n) is 18.6. The molecular weight excluding hydrogens is 450 g/mol. The Bertz CT molecular complexity index is 1570. The summed E-state index contributed by atoms with van der Waals surface area (Å²) in [6.45, 7) is 2.04. The van der Waals surface area contributed by atoms with Gasteiger partial charge in [0.05, 0.1) is 24.0 Å². The number of fused-ring (bicyclic) bond motifs is 2. The number of anilines is 1. The lowest BCUT2D eigenvalue weighted by Crippen LogP contribution is -2.26. The number of methoxy groups -OCH3 is 1. The van der Waals surface area contributed by atoms with E-state index in [2.05, 4.69) is 36.3 Å². The maximum atomic E-state index is 13.9. The van der Waals surface area contributed by atoms with Crippen LogP contribution in [0, 0.1) is 0 Å². The normalized spacial score (nSPS) is 14.4. The molecule has 1 aliphatic carbocycles. The molecule has 6 rings (SSSR count). The molecule has 1 aromatic carbocycles. The lowest BCUT2D eigenvalue weighted by atomic mass is 9.99. The minimum atomic E-state index is -0.162. The van der Waals surface area contributed by atoms with E-state index in [0.717, 1.165) is 45.4 Å². The number of ether oxygens (including phenoxy) is 1. The maximum Gasteiger partial charge on any atom is 0.316 e. The third-order valence-electron chi connectivity index (χ3n) is 6.08. The summed E-state index contributed by atoms with van der Waals surface area (Å²) in [5.41, 5.74) is 5.00. The zero-order valence-corrected chi connectivity index (χ0v) is 19.4. The van der Waals surface area contributed by atoms with Gasteiger partial charge in [-0.3, -0.25) is 4.79 Å². The molecule has 5 aromatic rings. The number of nitrogens with zero attached hydrogens (tertiary/aromatic N) is 6. The van der Waals surface area contributed by atoms with E-state index in [0.29, 0.717) is 17.2 Å². The number of nitrogens with one attached hydrogen (secondary N) is 1. The third-order valence-corrected chi connectivity index (χ3v) is 6.81. The molecule has 4 aromatic heterocycles. The molecule has 0 aliphatic heterocycles. The molecule has 0 spiro atoms. The van der Waals surface area contributed by atoms with Crippen molar-refractivity contribution >= 4 is 38.3 Å². The van der Waals surface area contributed by atoms with Crippen LogP contribution in [0.25, 0.3) is 32.2 Å². The summed E-state index contributed by atoms with van der Waals surface area (Å²) >= 11 is 1.47. The molecule has 0 radical (unpaired) electrons. The standard InChI is InChI=1S/C24H21N7O2S/c1-13(30-21-20-22(28-11-27-21)34-12-29-20)18-8-14-4-3-5-17(15-9-25-24(33-2)26-10-15)19(14)23(32)31(18)16-6-7-16/h3-5,8-13,16H,6-7H2,1-2H3,(H,27,28,30)/t13-/m0/s1. The molecule has 34 heavy (non-hydrogen) atoms. The fourth-order valence-corrected chi connectivity index (χ4v) is 4.95. The van der Waals surface area contributed by atoms with E-state index in [1.54, 1.807) is 17.9 Å². The first kappa shape index (κ1) is 20.7. The van der Waals surface area contributed by atoms with Gasteiger partial charge >= 0.3 is 6.01 Å². The van der Waals surface area contributed by atoms with Crippen LogP contribution in [0.1, 0.15) is 37.5 Å². The highest BCUT2D eigenvalue weighted by Crippen LogP contribution is 2.38. The Labute approximate surface area is 198 Å². The summed E-state index contributed by atoms with van der Waals surface area (Å²) in [7, 11) is 1.53. The molecule has 0 unspecified atom stereocenters. The third kappa shape index (κ3) is 3.47. The fraction of sp³-hybridized carbons (Fsp3) is 0.250. The van der Waals surface area contributed by atoms with Crippen molar-refractivity contribution in [2.24, 2.45) is 0 Å². The number of benzene rings is 1. The smallest absolute Gasteiger partial charge is 0.316 e. The topological polar surface area (TPSA) is 108 Å². The predicted molar refractivity (Wildman–Crippen MR) is 131 cm³/mol. The summed E-state index contributed by atoms with van der Waals surface area (Å²) in [4.78, 5) is 36.3. The van der Waals surface area contributed by atoms with Crippen LogP contribution >= 0.6 is 11.3 Å². The first-order valence-corrected chi connectivity index (χ1v) is 11.9. The van der Waals surface area contributed by atoms with Gasteiger partial charge in [0.25, 0.3) is 5.56 Å². The van der Waals surface area contributed by atoms with Crippen molar-refractivity contribution in [3.63, 3.8) is 0 Å². The van der Waals surface area contributed by atoms with Gasteiger partial charge in [0, 0.05) is 29.7 Å². The molecule has 0 bridgehead atoms. The first-order valence-electron chi connectivity index (χ1n) is 11.0. The Balaban J connectivity index is 1.48. The molecule has 4 heterocycles. The van der Waals surface area contributed by atoms with E-state index >= 15 is 0 Å². The number of hydrogen-bond acceptors (Lipinski definition) is 9. The van der Waals surface area contributed by atoms with Crippen LogP contribution in [0.5, 0.6) is 6.01 Å². The molecule has 0 amide bonds. The van der Waals surface area contributed by atoms with Crippen molar-refractivity contribution in [1.29, 1.82) is 0 Å². The molecule has 1 atom stereocenters. The molecule has 170 valence electrons. The highest BCUT2D eigenvalue weighted by Gasteiger charge is 2.30. The average Bonchev–Trinajstić information content (AvgIpc) is 3.58. The van der Waals surface area contributed by atoms with Crippen molar-refractivity contribution in [2.45, 2.75) is 31.8 Å². The number of aromatic nitrogens is 6. The number of pyridine rings is 1. The summed E-state index contributed by atoms with van der Waals surface area (Å²) in [6.07, 6.45) is 6.89. The number of thiazole rings is 1. The van der Waals surface area contributed by atoms with Gasteiger partial charge in [0.1, 0.15) is 16.7 Å². The Hall–Kier alpha value is -3.92. The molecule has 1 saturated carbocycles. The highest BCUT2D eigenvalue weighted by atomic mass is 32.1. The van der Waals surface area contributed by atoms with Crippen LogP contribution in [0.4, 0.5) is 5.82 Å². The van der Waals surface area contributed by atoms with E-state index in [4.69, 9.17) is 4.74 Å². The SMILES string of the molecule is COc1ncc(-c2cccc3cc([C@H](C)Nc4ncnc5scnc45)n(C4CC4)c(=O)c23)cn1. The van der Waals surface area contributed by atoms with Crippen LogP contribution in [0.3, 0.4) is 0 Å². The molecule has 1 fully saturated rings. The van der Waals surface area contributed by atoms with E-state index in [1.165, 1.54) is 24.8 Å². The molecular formula is C24H21N7O2S. The first-order chi connectivity index (χ1) is 16.6. The van der Waals surface area contributed by atoms with Gasteiger partial charge in [0.15, 0.2) is 5.82 Å². The molecule has 10 heteroatoms. The largest absolute Gasteiger partial charge is 0.467 e. The van der Waals surface area contributed by atoms with Crippen molar-refractivity contribution in [3.05, 3.63) is 64.5 Å². The van der Waals surface area contributed by atoms with Crippen LogP contribution in [-0.2, 0) is 0 Å². The summed E-state index contributed by atoms with van der Waals surface area (Å²) in [5, 5.41) is 5.01. The van der Waals surface area contributed by atoms with Gasteiger partial charge < -0.3 is 14.6 Å². The van der Waals surface area contributed by atoms with Gasteiger partial charge in [0.2, 0.25) is 0 Å². The van der Waals surface area contributed by atoms with Crippen LogP contribution in [0.15, 0.2) is 53.3 Å². The summed E-state index contributed by atoms with van der Waals surface area (Å²) in [6, 6.07) is 8.29. The minimum Gasteiger partial charge on any atom is -0.467 e. The average molecular weight is 472 g/mol. The quantitative estimate of drug-likeness (QED) is 0.389. The lowest BCUT2D eigenvalue weighted by Gasteiger charge is -2.22. The van der Waals surface area contributed by atoms with Gasteiger partial charge in [-0.1, -0.05) is 18.2 Å². The van der Waals surface area contributed by atoms with E-state index in [-0.39, 0.29) is 17.6 Å². The maximum absolute atomic E-state index is 13.9. The molecule has 1 aliphatic rings.